The molecule has 0 unspecified atom stereocenters. The molecule has 0 saturated heterocycles. The topological polar surface area (TPSA) is 44.1 Å². The molecule has 0 radical (unpaired) electrons. The van der Waals surface area contributed by atoms with E-state index in [0.717, 1.165) is 17.1 Å². The summed E-state index contributed by atoms with van der Waals surface area (Å²) in [6.45, 7) is 5.23. The van der Waals surface area contributed by atoms with Crippen molar-refractivity contribution in [2.75, 3.05) is 0 Å². The molecule has 1 rings (SSSR count). The monoisotopic (exact) mass is 264 g/mol. The fraction of sp³-hybridized carbons (Fsp3) is 0.636. The molecule has 0 bridgehead atoms. The number of rotatable bonds is 3. The van der Waals surface area contributed by atoms with Crippen LogP contribution in [-0.2, 0) is 22.3 Å². The minimum absolute atomic E-state index is 0.0176. The Labute approximate surface area is 103 Å². The summed E-state index contributed by atoms with van der Waals surface area (Å²) in [6, 6.07) is 0. The Morgan fingerprint density at radius 2 is 2.00 bits per heavy atom. The number of carbonyl (C=O) groups excluding carboxylic acids is 1. The first-order chi connectivity index (χ1) is 8.08. The number of hydrogen-bond acceptors (Lipinski definition) is 3. The average molecular weight is 264 g/mol. The summed E-state index contributed by atoms with van der Waals surface area (Å²) in [4.78, 5) is 11.4. The summed E-state index contributed by atoms with van der Waals surface area (Å²) in [5, 5.41) is 3.54. The quantitative estimate of drug-likeness (QED) is 0.788. The highest BCUT2D eigenvalue weighted by molar-refractivity contribution is 5.69. The number of alkyl halides is 3. The number of aromatic nitrogens is 2. The minimum atomic E-state index is -4.41. The van der Waals surface area contributed by atoms with Crippen LogP contribution in [-0.4, -0.2) is 21.4 Å². The smallest absolute Gasteiger partial charge is 0.419 e. The van der Waals surface area contributed by atoms with Gasteiger partial charge in [-0.25, -0.2) is 0 Å². The van der Waals surface area contributed by atoms with Crippen molar-refractivity contribution in [2.24, 2.45) is 0 Å². The number of hydrogen-bond donors (Lipinski definition) is 0. The fourth-order valence-electron chi connectivity index (χ4n) is 1.23. The van der Waals surface area contributed by atoms with Gasteiger partial charge in [-0.1, -0.05) is 0 Å². The molecule has 0 atom stereocenters. The zero-order valence-electron chi connectivity index (χ0n) is 10.4. The van der Waals surface area contributed by atoms with Gasteiger partial charge in [-0.3, -0.25) is 9.48 Å². The van der Waals surface area contributed by atoms with Crippen molar-refractivity contribution in [3.8, 4) is 0 Å². The van der Waals surface area contributed by atoms with Crippen molar-refractivity contribution in [2.45, 2.75) is 45.5 Å². The Balaban J connectivity index is 2.50. The maximum atomic E-state index is 12.3. The van der Waals surface area contributed by atoms with E-state index in [1.807, 2.05) is 0 Å². The molecule has 0 aliphatic carbocycles. The Morgan fingerprint density at radius 1 is 1.39 bits per heavy atom. The van der Waals surface area contributed by atoms with Crippen molar-refractivity contribution in [3.63, 3.8) is 0 Å². The van der Waals surface area contributed by atoms with Gasteiger partial charge in [-0.05, 0) is 20.8 Å². The fourth-order valence-corrected chi connectivity index (χ4v) is 1.23. The van der Waals surface area contributed by atoms with E-state index < -0.39 is 23.3 Å². The predicted molar refractivity (Wildman–Crippen MR) is 57.7 cm³/mol. The first-order valence-electron chi connectivity index (χ1n) is 5.39. The third-order valence-electron chi connectivity index (χ3n) is 1.93. The highest BCUT2D eigenvalue weighted by Gasteiger charge is 2.32. The van der Waals surface area contributed by atoms with E-state index in [2.05, 4.69) is 5.10 Å². The number of carbonyl (C=O) groups is 1. The van der Waals surface area contributed by atoms with Gasteiger partial charge < -0.3 is 4.74 Å². The molecule has 4 nitrogen and oxygen atoms in total. The third-order valence-corrected chi connectivity index (χ3v) is 1.93. The Morgan fingerprint density at radius 3 is 2.44 bits per heavy atom. The molecule has 0 aromatic carbocycles. The van der Waals surface area contributed by atoms with Crippen molar-refractivity contribution in [1.82, 2.24) is 9.78 Å². The van der Waals surface area contributed by atoms with E-state index >= 15 is 0 Å². The van der Waals surface area contributed by atoms with Gasteiger partial charge in [0.2, 0.25) is 0 Å². The van der Waals surface area contributed by atoms with Crippen LogP contribution in [0.4, 0.5) is 13.2 Å². The van der Waals surface area contributed by atoms with E-state index in [9.17, 15) is 18.0 Å². The van der Waals surface area contributed by atoms with Gasteiger partial charge in [0.1, 0.15) is 5.60 Å². The molecule has 0 amide bonds. The SMILES string of the molecule is CC(C)(C)OC(=O)CCn1cc(C(F)(F)F)cn1. The van der Waals surface area contributed by atoms with Gasteiger partial charge in [0.05, 0.1) is 24.7 Å². The van der Waals surface area contributed by atoms with Crippen LogP contribution >= 0.6 is 0 Å². The Bertz CT molecular complexity index is 419. The third kappa shape index (κ3) is 4.77. The van der Waals surface area contributed by atoms with Crippen LogP contribution in [0.25, 0.3) is 0 Å². The molecule has 7 heteroatoms. The second kappa shape index (κ2) is 4.99. The largest absolute Gasteiger partial charge is 0.460 e. The van der Waals surface area contributed by atoms with Crippen molar-refractivity contribution < 1.29 is 22.7 Å². The van der Waals surface area contributed by atoms with Crippen LogP contribution in [0.15, 0.2) is 12.4 Å². The standard InChI is InChI=1S/C11H15F3N2O2/c1-10(2,3)18-9(17)4-5-16-7-8(6-15-16)11(12,13)14/h6-7H,4-5H2,1-3H3. The van der Waals surface area contributed by atoms with E-state index in [1.54, 1.807) is 20.8 Å². The summed E-state index contributed by atoms with van der Waals surface area (Å²) in [5.41, 5.74) is -1.43. The molecule has 0 fully saturated rings. The molecular formula is C11H15F3N2O2. The molecule has 0 aliphatic heterocycles. The van der Waals surface area contributed by atoms with Crippen LogP contribution in [0.5, 0.6) is 0 Å². The zero-order valence-corrected chi connectivity index (χ0v) is 10.4. The van der Waals surface area contributed by atoms with Crippen LogP contribution in [0, 0.1) is 0 Å². The van der Waals surface area contributed by atoms with Gasteiger partial charge in [-0.2, -0.15) is 18.3 Å². The second-order valence-electron chi connectivity index (χ2n) is 4.83. The molecule has 0 N–H and O–H groups in total. The first-order valence-corrected chi connectivity index (χ1v) is 5.39. The van der Waals surface area contributed by atoms with Crippen molar-refractivity contribution >= 4 is 5.97 Å². The normalized spacial score (nSPS) is 12.6. The second-order valence-corrected chi connectivity index (χ2v) is 4.83. The van der Waals surface area contributed by atoms with E-state index in [0.29, 0.717) is 0 Å². The van der Waals surface area contributed by atoms with Gasteiger partial charge in [0.25, 0.3) is 0 Å². The van der Waals surface area contributed by atoms with Crippen molar-refractivity contribution in [1.29, 1.82) is 0 Å². The lowest BCUT2D eigenvalue weighted by Crippen LogP contribution is -2.24. The van der Waals surface area contributed by atoms with E-state index in [-0.39, 0.29) is 13.0 Å². The Kier molecular flexibility index (Phi) is 4.03. The molecule has 18 heavy (non-hydrogen) atoms. The lowest BCUT2D eigenvalue weighted by Gasteiger charge is -2.19. The van der Waals surface area contributed by atoms with Crippen LogP contribution in [0.1, 0.15) is 32.8 Å². The lowest BCUT2D eigenvalue weighted by atomic mass is 10.2. The lowest BCUT2D eigenvalue weighted by molar-refractivity contribution is -0.155. The highest BCUT2D eigenvalue weighted by Crippen LogP contribution is 2.28. The molecule has 0 spiro atoms. The van der Waals surface area contributed by atoms with Crippen LogP contribution in [0.2, 0.25) is 0 Å². The number of halogens is 3. The maximum Gasteiger partial charge on any atom is 0.419 e. The molecule has 1 aromatic rings. The number of ether oxygens (including phenoxy) is 1. The first kappa shape index (κ1) is 14.5. The Hall–Kier alpha value is -1.53. The highest BCUT2D eigenvalue weighted by atomic mass is 19.4. The number of nitrogens with zero attached hydrogens (tertiary/aromatic N) is 2. The maximum absolute atomic E-state index is 12.3. The van der Waals surface area contributed by atoms with Crippen LogP contribution in [0.3, 0.4) is 0 Å². The predicted octanol–water partition coefficient (Wildman–Crippen LogP) is 2.63. The average Bonchev–Trinajstić information content (AvgIpc) is 2.59. The molecule has 0 saturated carbocycles. The summed E-state index contributed by atoms with van der Waals surface area (Å²) < 4.78 is 42.9. The zero-order chi connectivity index (χ0) is 14.0. The van der Waals surface area contributed by atoms with Gasteiger partial charge in [-0.15, -0.1) is 0 Å². The van der Waals surface area contributed by atoms with Gasteiger partial charge >= 0.3 is 12.1 Å². The molecule has 1 aromatic heterocycles. The molecular weight excluding hydrogens is 249 g/mol. The number of esters is 1. The van der Waals surface area contributed by atoms with Crippen LogP contribution < -0.4 is 0 Å². The summed E-state index contributed by atoms with van der Waals surface area (Å²) >= 11 is 0. The number of aryl methyl sites for hydroxylation is 1. The summed E-state index contributed by atoms with van der Waals surface area (Å²) in [7, 11) is 0. The van der Waals surface area contributed by atoms with E-state index in [4.69, 9.17) is 4.74 Å². The summed E-state index contributed by atoms with van der Waals surface area (Å²) in [6.07, 6.45) is -2.83. The van der Waals surface area contributed by atoms with Crippen molar-refractivity contribution in [3.05, 3.63) is 18.0 Å². The van der Waals surface area contributed by atoms with Gasteiger partial charge in [0, 0.05) is 6.20 Å². The molecule has 0 aliphatic rings. The minimum Gasteiger partial charge on any atom is -0.460 e. The van der Waals surface area contributed by atoms with E-state index in [1.165, 1.54) is 0 Å². The molecule has 102 valence electrons. The molecule has 1 heterocycles. The summed E-state index contributed by atoms with van der Waals surface area (Å²) in [5.74, 6) is -0.466. The van der Waals surface area contributed by atoms with Gasteiger partial charge in [0.15, 0.2) is 0 Å².